The number of anilines is 1. The van der Waals surface area contributed by atoms with Crippen molar-refractivity contribution in [3.63, 3.8) is 0 Å². The molecule has 0 saturated heterocycles. The Morgan fingerprint density at radius 1 is 1.20 bits per heavy atom. The third kappa shape index (κ3) is 2.53. The molecule has 0 unspecified atom stereocenters. The van der Waals surface area contributed by atoms with Gasteiger partial charge in [0, 0.05) is 16.7 Å². The standard InChI is InChI=1S/C19H17BrN4O/c1-2-23-15-9-4-3-8-14(15)22-19(23)17-16(25)11-24(18(17)21)13-7-5-6-12(20)10-13/h3-10,21,25H,2,11H2,1H3. The molecule has 3 aromatic rings. The maximum atomic E-state index is 10.6. The Labute approximate surface area is 153 Å². The van der Waals surface area contributed by atoms with Gasteiger partial charge in [-0.1, -0.05) is 34.1 Å². The molecule has 1 aliphatic heterocycles. The predicted octanol–water partition coefficient (Wildman–Crippen LogP) is 4.59. The molecule has 0 atom stereocenters. The SMILES string of the molecule is CCn1c(C2=C(O)CN(c3cccc(Br)c3)C2=N)nc2ccccc21. The minimum absolute atomic E-state index is 0.176. The highest BCUT2D eigenvalue weighted by Crippen LogP contribution is 2.33. The van der Waals surface area contributed by atoms with Crippen molar-refractivity contribution < 1.29 is 5.11 Å². The smallest absolute Gasteiger partial charge is 0.148 e. The van der Waals surface area contributed by atoms with E-state index in [1.165, 1.54) is 0 Å². The lowest BCUT2D eigenvalue weighted by molar-refractivity contribution is 0.411. The number of aromatic nitrogens is 2. The second-order valence-corrected chi connectivity index (χ2v) is 6.82. The van der Waals surface area contributed by atoms with E-state index in [0.29, 0.717) is 11.4 Å². The molecule has 0 spiro atoms. The van der Waals surface area contributed by atoms with Gasteiger partial charge in [-0.05, 0) is 37.3 Å². The number of imidazole rings is 1. The highest BCUT2D eigenvalue weighted by atomic mass is 79.9. The number of hydrogen-bond acceptors (Lipinski definition) is 3. The first-order valence-electron chi connectivity index (χ1n) is 8.10. The number of hydrogen-bond donors (Lipinski definition) is 2. The lowest BCUT2D eigenvalue weighted by Gasteiger charge is -2.19. The maximum absolute atomic E-state index is 10.6. The van der Waals surface area contributed by atoms with E-state index in [1.54, 1.807) is 4.90 Å². The van der Waals surface area contributed by atoms with Gasteiger partial charge in [-0.25, -0.2) is 4.98 Å². The number of halogens is 1. The molecule has 25 heavy (non-hydrogen) atoms. The highest BCUT2D eigenvalue weighted by molar-refractivity contribution is 9.10. The van der Waals surface area contributed by atoms with Crippen molar-refractivity contribution in [3.8, 4) is 0 Å². The van der Waals surface area contributed by atoms with Crippen LogP contribution < -0.4 is 4.90 Å². The Morgan fingerprint density at radius 3 is 2.76 bits per heavy atom. The van der Waals surface area contributed by atoms with Crippen molar-refractivity contribution in [1.29, 1.82) is 5.41 Å². The average molecular weight is 397 g/mol. The molecule has 0 aliphatic carbocycles. The summed E-state index contributed by atoms with van der Waals surface area (Å²) in [6, 6.07) is 15.6. The van der Waals surface area contributed by atoms with Crippen molar-refractivity contribution in [3.05, 3.63) is 64.6 Å². The molecule has 6 heteroatoms. The molecule has 0 bridgehead atoms. The molecule has 5 nitrogen and oxygen atoms in total. The van der Waals surface area contributed by atoms with E-state index in [-0.39, 0.29) is 18.1 Å². The monoisotopic (exact) mass is 396 g/mol. The van der Waals surface area contributed by atoms with Crippen molar-refractivity contribution in [2.45, 2.75) is 13.5 Å². The van der Waals surface area contributed by atoms with Gasteiger partial charge in [0.2, 0.25) is 0 Å². The van der Waals surface area contributed by atoms with E-state index in [1.807, 2.05) is 60.0 Å². The van der Waals surface area contributed by atoms with Crippen LogP contribution in [0.15, 0.2) is 58.8 Å². The van der Waals surface area contributed by atoms with Crippen LogP contribution in [0.25, 0.3) is 16.6 Å². The van der Waals surface area contributed by atoms with Gasteiger partial charge in [-0.15, -0.1) is 0 Å². The number of nitrogens with zero attached hydrogens (tertiary/aromatic N) is 3. The first-order valence-corrected chi connectivity index (χ1v) is 8.89. The third-order valence-electron chi connectivity index (χ3n) is 4.42. The zero-order valence-electron chi connectivity index (χ0n) is 13.7. The van der Waals surface area contributed by atoms with Gasteiger partial charge in [0.15, 0.2) is 0 Å². The van der Waals surface area contributed by atoms with Crippen LogP contribution in [0.2, 0.25) is 0 Å². The van der Waals surface area contributed by atoms with Crippen molar-refractivity contribution in [2.75, 3.05) is 11.4 Å². The normalized spacial score (nSPS) is 14.8. The minimum atomic E-state index is 0.176. The van der Waals surface area contributed by atoms with Crippen LogP contribution in [0.4, 0.5) is 5.69 Å². The number of aliphatic hydroxyl groups is 1. The largest absolute Gasteiger partial charge is 0.509 e. The molecular formula is C19H17BrN4O. The highest BCUT2D eigenvalue weighted by Gasteiger charge is 2.32. The molecule has 2 aromatic carbocycles. The number of nitrogens with one attached hydrogen (secondary N) is 1. The van der Waals surface area contributed by atoms with E-state index < -0.39 is 0 Å². The van der Waals surface area contributed by atoms with Gasteiger partial charge in [0.05, 0.1) is 23.2 Å². The van der Waals surface area contributed by atoms with E-state index in [9.17, 15) is 5.11 Å². The van der Waals surface area contributed by atoms with Crippen molar-refractivity contribution in [1.82, 2.24) is 9.55 Å². The van der Waals surface area contributed by atoms with Crippen LogP contribution in [0, 0.1) is 5.41 Å². The first-order chi connectivity index (χ1) is 12.1. The molecule has 4 rings (SSSR count). The van der Waals surface area contributed by atoms with Crippen LogP contribution in [0.5, 0.6) is 0 Å². The number of para-hydroxylation sites is 2. The molecule has 1 aromatic heterocycles. The summed E-state index contributed by atoms with van der Waals surface area (Å²) < 4.78 is 2.98. The lowest BCUT2D eigenvalue weighted by atomic mass is 10.2. The van der Waals surface area contributed by atoms with Gasteiger partial charge >= 0.3 is 0 Å². The van der Waals surface area contributed by atoms with Crippen LogP contribution in [0.1, 0.15) is 12.7 Å². The van der Waals surface area contributed by atoms with Gasteiger partial charge in [0.1, 0.15) is 17.4 Å². The lowest BCUT2D eigenvalue weighted by Crippen LogP contribution is -2.26. The van der Waals surface area contributed by atoms with Gasteiger partial charge in [-0.2, -0.15) is 0 Å². The Kier molecular flexibility index (Phi) is 3.84. The van der Waals surface area contributed by atoms with E-state index >= 15 is 0 Å². The summed E-state index contributed by atoms with van der Waals surface area (Å²) >= 11 is 3.46. The predicted molar refractivity (Wildman–Crippen MR) is 104 cm³/mol. The topological polar surface area (TPSA) is 65.1 Å². The fraction of sp³-hybridized carbons (Fsp3) is 0.158. The van der Waals surface area contributed by atoms with Crippen LogP contribution in [-0.4, -0.2) is 27.0 Å². The third-order valence-corrected chi connectivity index (χ3v) is 4.91. The molecule has 2 heterocycles. The van der Waals surface area contributed by atoms with Crippen molar-refractivity contribution in [2.24, 2.45) is 0 Å². The Morgan fingerprint density at radius 2 is 2.00 bits per heavy atom. The van der Waals surface area contributed by atoms with Crippen molar-refractivity contribution >= 4 is 44.1 Å². The number of aliphatic hydroxyl groups excluding tert-OH is 1. The summed E-state index contributed by atoms with van der Waals surface area (Å²) in [6.07, 6.45) is 0. The Balaban J connectivity index is 1.81. The molecule has 0 fully saturated rings. The van der Waals surface area contributed by atoms with Gasteiger partial charge in [0.25, 0.3) is 0 Å². The number of aryl methyl sites for hydroxylation is 1. The molecule has 0 radical (unpaired) electrons. The first kappa shape index (κ1) is 15.9. The molecule has 126 valence electrons. The minimum Gasteiger partial charge on any atom is -0.509 e. The van der Waals surface area contributed by atoms with E-state index in [2.05, 4.69) is 20.9 Å². The van der Waals surface area contributed by atoms with Crippen LogP contribution in [0.3, 0.4) is 0 Å². The summed E-state index contributed by atoms with van der Waals surface area (Å²) in [4.78, 5) is 6.47. The van der Waals surface area contributed by atoms with Crippen LogP contribution in [-0.2, 0) is 6.54 Å². The fourth-order valence-corrected chi connectivity index (χ4v) is 3.65. The number of amidine groups is 1. The summed E-state index contributed by atoms with van der Waals surface area (Å²) in [5.74, 6) is 1.08. The summed E-state index contributed by atoms with van der Waals surface area (Å²) in [5, 5.41) is 19.2. The molecule has 0 saturated carbocycles. The van der Waals surface area contributed by atoms with E-state index in [4.69, 9.17) is 5.41 Å². The summed E-state index contributed by atoms with van der Waals surface area (Å²) in [5.41, 5.74) is 3.24. The average Bonchev–Trinajstić information content (AvgIpc) is 3.11. The number of benzene rings is 2. The molecule has 1 aliphatic rings. The van der Waals surface area contributed by atoms with Gasteiger partial charge in [-0.3, -0.25) is 5.41 Å². The number of fused-ring (bicyclic) bond motifs is 1. The maximum Gasteiger partial charge on any atom is 0.148 e. The fourth-order valence-electron chi connectivity index (χ4n) is 3.27. The number of rotatable bonds is 3. The zero-order chi connectivity index (χ0) is 17.6. The summed E-state index contributed by atoms with van der Waals surface area (Å²) in [6.45, 7) is 3.04. The molecule has 0 amide bonds. The molecule has 2 N–H and O–H groups in total. The zero-order valence-corrected chi connectivity index (χ0v) is 15.3. The quantitative estimate of drug-likeness (QED) is 0.680. The van der Waals surface area contributed by atoms with E-state index in [0.717, 1.165) is 27.7 Å². The van der Waals surface area contributed by atoms with Crippen LogP contribution >= 0.6 is 15.9 Å². The Hall–Kier alpha value is -2.60. The van der Waals surface area contributed by atoms with Gasteiger partial charge < -0.3 is 14.6 Å². The summed E-state index contributed by atoms with van der Waals surface area (Å²) in [7, 11) is 0. The second kappa shape index (κ2) is 6.04. The second-order valence-electron chi connectivity index (χ2n) is 5.90. The Bertz CT molecular complexity index is 1020. The molecular weight excluding hydrogens is 380 g/mol.